The Bertz CT molecular complexity index is 2410. The average Bonchev–Trinajstić information content (AvgIpc) is 0.916. The largest absolute Gasteiger partial charge is 0.472 e. The van der Waals surface area contributed by atoms with E-state index < -0.39 is 91.5 Å². The van der Waals surface area contributed by atoms with Crippen molar-refractivity contribution in [1.29, 1.82) is 0 Å². The first-order chi connectivity index (χ1) is 50.2. The summed E-state index contributed by atoms with van der Waals surface area (Å²) >= 11 is 0. The maximum Gasteiger partial charge on any atom is 0.472 e. The van der Waals surface area contributed by atoms with Crippen LogP contribution in [0.4, 0.5) is 0 Å². The van der Waals surface area contributed by atoms with Crippen LogP contribution < -0.4 is 0 Å². The molecule has 0 spiro atoms. The molecule has 0 rings (SSSR count). The molecular formula is C85H146O16P2. The van der Waals surface area contributed by atoms with Gasteiger partial charge in [0.15, 0.2) is 6.10 Å². The van der Waals surface area contributed by atoms with Crippen LogP contribution in [0, 0.1) is 0 Å². The monoisotopic (exact) mass is 1490 g/mol. The van der Waals surface area contributed by atoms with E-state index in [-0.39, 0.29) is 19.3 Å². The van der Waals surface area contributed by atoms with Crippen molar-refractivity contribution < 1.29 is 75.8 Å². The fourth-order valence-electron chi connectivity index (χ4n) is 10.7. The first-order valence-electron chi connectivity index (χ1n) is 40.5. The van der Waals surface area contributed by atoms with Crippen LogP contribution in [0.1, 0.15) is 329 Å². The lowest BCUT2D eigenvalue weighted by atomic mass is 10.0. The molecule has 0 aliphatic heterocycles. The molecule has 18 heteroatoms. The van der Waals surface area contributed by atoms with E-state index in [0.29, 0.717) is 19.3 Å². The van der Waals surface area contributed by atoms with E-state index in [1.54, 1.807) is 0 Å². The van der Waals surface area contributed by atoms with Gasteiger partial charge in [-0.05, 0) is 135 Å². The van der Waals surface area contributed by atoms with E-state index >= 15 is 0 Å². The van der Waals surface area contributed by atoms with Crippen molar-refractivity contribution in [3.8, 4) is 0 Å². The van der Waals surface area contributed by atoms with Crippen LogP contribution in [0.3, 0.4) is 0 Å². The number of esters is 3. The molecule has 0 aromatic heterocycles. The smallest absolute Gasteiger partial charge is 0.463 e. The standard InChI is InChI=1S/C85H146O16P2/c1-4-7-10-13-16-19-22-25-28-30-32-33-34-35-36-37-38-39-40-41-42-43-44-45-47-49-51-53-56-59-62-65-68-71-83(88)95-74-80(86)75-97-102(91,92)98-76-81(87)77-99-103(93,94)100-79-82(101-85(90)73-70-67-64-61-58-55-50-27-24-21-18-15-12-9-6-3)78-96-84(89)72-69-66-63-60-57-54-52-48-46-31-29-26-23-20-17-14-11-8-5-2/h7-8,10-11,16-21,25-29,32-33,35-36,46,48,50,80-82,86-87H,4-6,9,12-15,22-24,30-31,34,37-45,47,49,51-79H2,1-3H3,(H,91,92)(H,93,94)/b10-7-,11-8-,19-16-,20-17-,21-18-,28-25-,29-26-,33-32-,36-35-,48-46-,50-27-. The fraction of sp³-hybridized carbons (Fsp3) is 0.706. The second-order valence-corrected chi connectivity index (χ2v) is 29.7. The van der Waals surface area contributed by atoms with Gasteiger partial charge < -0.3 is 34.2 Å². The highest BCUT2D eigenvalue weighted by molar-refractivity contribution is 7.47. The Morgan fingerprint density at radius 3 is 0.816 bits per heavy atom. The summed E-state index contributed by atoms with van der Waals surface area (Å²) in [6.45, 7) is 2.41. The fourth-order valence-corrected chi connectivity index (χ4v) is 12.3. The number of allylic oxidation sites excluding steroid dienone is 22. The highest BCUT2D eigenvalue weighted by Gasteiger charge is 2.29. The van der Waals surface area contributed by atoms with Gasteiger partial charge in [-0.25, -0.2) is 9.13 Å². The van der Waals surface area contributed by atoms with Gasteiger partial charge >= 0.3 is 33.6 Å². The topological polar surface area (TPSA) is 231 Å². The molecule has 0 aromatic carbocycles. The summed E-state index contributed by atoms with van der Waals surface area (Å²) in [6, 6.07) is 0. The molecule has 5 unspecified atom stereocenters. The van der Waals surface area contributed by atoms with E-state index in [4.69, 9.17) is 32.3 Å². The van der Waals surface area contributed by atoms with E-state index in [2.05, 4.69) is 154 Å². The Kier molecular flexibility index (Phi) is 74.1. The number of carbonyl (C=O) groups is 3. The lowest BCUT2D eigenvalue weighted by molar-refractivity contribution is -0.161. The van der Waals surface area contributed by atoms with Crippen LogP contribution in [0.2, 0.25) is 0 Å². The molecular weight excluding hydrogens is 1340 g/mol. The number of aliphatic hydroxyl groups is 2. The number of hydrogen-bond donors (Lipinski definition) is 4. The quantitative estimate of drug-likeness (QED) is 0.0146. The first kappa shape index (κ1) is 98.7. The van der Waals surface area contributed by atoms with Crippen LogP contribution in [-0.2, 0) is 55.8 Å². The van der Waals surface area contributed by atoms with Crippen molar-refractivity contribution in [3.63, 3.8) is 0 Å². The van der Waals surface area contributed by atoms with Gasteiger partial charge in [-0.2, -0.15) is 0 Å². The highest BCUT2D eigenvalue weighted by Crippen LogP contribution is 2.45. The zero-order chi connectivity index (χ0) is 75.2. The summed E-state index contributed by atoms with van der Waals surface area (Å²) in [5, 5.41) is 20.6. The molecule has 5 atom stereocenters. The van der Waals surface area contributed by atoms with Gasteiger partial charge in [0.05, 0.1) is 26.4 Å². The molecule has 0 heterocycles. The van der Waals surface area contributed by atoms with E-state index in [0.717, 1.165) is 161 Å². The summed E-state index contributed by atoms with van der Waals surface area (Å²) in [7, 11) is -9.80. The molecule has 592 valence electrons. The average molecular weight is 1490 g/mol. The van der Waals surface area contributed by atoms with Gasteiger partial charge in [0.1, 0.15) is 25.4 Å². The third-order valence-corrected chi connectivity index (χ3v) is 18.7. The van der Waals surface area contributed by atoms with Gasteiger partial charge in [-0.15, -0.1) is 0 Å². The van der Waals surface area contributed by atoms with Crippen molar-refractivity contribution in [2.24, 2.45) is 0 Å². The molecule has 0 radical (unpaired) electrons. The normalized spacial score (nSPS) is 14.7. The van der Waals surface area contributed by atoms with Crippen molar-refractivity contribution in [1.82, 2.24) is 0 Å². The third-order valence-electron chi connectivity index (χ3n) is 16.8. The van der Waals surface area contributed by atoms with Crippen LogP contribution in [0.15, 0.2) is 134 Å². The van der Waals surface area contributed by atoms with Gasteiger partial charge in [0.2, 0.25) is 0 Å². The van der Waals surface area contributed by atoms with E-state index in [1.807, 2.05) is 0 Å². The van der Waals surface area contributed by atoms with Crippen LogP contribution in [0.5, 0.6) is 0 Å². The number of rotatable bonds is 76. The van der Waals surface area contributed by atoms with Crippen LogP contribution >= 0.6 is 15.6 Å². The molecule has 0 aliphatic rings. The van der Waals surface area contributed by atoms with Crippen LogP contribution in [-0.4, -0.2) is 95.9 Å². The summed E-state index contributed by atoms with van der Waals surface area (Å²) < 4.78 is 61.1. The Morgan fingerprint density at radius 2 is 0.515 bits per heavy atom. The number of unbranched alkanes of at least 4 members (excludes halogenated alkanes) is 31. The Morgan fingerprint density at radius 1 is 0.282 bits per heavy atom. The summed E-state index contributed by atoms with van der Waals surface area (Å²) in [4.78, 5) is 58.6. The first-order valence-corrected chi connectivity index (χ1v) is 43.5. The summed E-state index contributed by atoms with van der Waals surface area (Å²) in [5.41, 5.74) is 0. The van der Waals surface area contributed by atoms with Crippen molar-refractivity contribution in [3.05, 3.63) is 134 Å². The Balaban J connectivity index is 4.45. The Labute approximate surface area is 626 Å². The number of carbonyl (C=O) groups excluding carboxylic acids is 3. The van der Waals surface area contributed by atoms with E-state index in [1.165, 1.54) is 109 Å². The molecule has 4 N–H and O–H groups in total. The SMILES string of the molecule is CC/C=C\C/C=C\C/C=C\C/C=C\C/C=C\CCCCCCCCCCCCCCCCCCCC(=O)OCC(O)COP(=O)(O)OCC(O)COP(=O)(O)OCC(COC(=O)CCCCCCCC/C=C\C/C=C\C/C=C\C/C=C\CC)OC(=O)CCCCCCC/C=C\C/C=C\CCCCC. The van der Waals surface area contributed by atoms with Crippen molar-refractivity contribution in [2.75, 3.05) is 39.6 Å². The molecule has 0 fully saturated rings. The lowest BCUT2D eigenvalue weighted by Crippen LogP contribution is -2.30. The van der Waals surface area contributed by atoms with Gasteiger partial charge in [0.25, 0.3) is 0 Å². The summed E-state index contributed by atoms with van der Waals surface area (Å²) in [6.07, 6.45) is 93.7. The third kappa shape index (κ3) is 78.6. The zero-order valence-electron chi connectivity index (χ0n) is 64.7. The summed E-state index contributed by atoms with van der Waals surface area (Å²) in [5.74, 6) is -1.60. The maximum absolute atomic E-state index is 13.0. The number of aliphatic hydroxyl groups excluding tert-OH is 2. The van der Waals surface area contributed by atoms with Crippen molar-refractivity contribution >= 4 is 33.6 Å². The molecule has 0 aromatic rings. The van der Waals surface area contributed by atoms with Gasteiger partial charge in [0, 0.05) is 19.3 Å². The number of hydrogen-bond acceptors (Lipinski definition) is 14. The van der Waals surface area contributed by atoms with Gasteiger partial charge in [-0.3, -0.25) is 32.5 Å². The molecule has 0 saturated heterocycles. The number of phosphoric ester groups is 2. The zero-order valence-corrected chi connectivity index (χ0v) is 66.5. The molecule has 16 nitrogen and oxygen atoms in total. The minimum atomic E-state index is -4.94. The maximum atomic E-state index is 13.0. The highest BCUT2D eigenvalue weighted by atomic mass is 31.2. The second-order valence-electron chi connectivity index (χ2n) is 26.8. The van der Waals surface area contributed by atoms with Crippen LogP contribution in [0.25, 0.3) is 0 Å². The van der Waals surface area contributed by atoms with Crippen molar-refractivity contribution in [2.45, 2.75) is 347 Å². The predicted octanol–water partition coefficient (Wildman–Crippen LogP) is 23.9. The minimum Gasteiger partial charge on any atom is -0.463 e. The predicted molar refractivity (Wildman–Crippen MR) is 426 cm³/mol. The molecule has 103 heavy (non-hydrogen) atoms. The lowest BCUT2D eigenvalue weighted by Gasteiger charge is -2.21. The number of phosphoric acid groups is 2. The minimum absolute atomic E-state index is 0.0834. The Hall–Kier alpha value is -4.31. The van der Waals surface area contributed by atoms with Gasteiger partial charge in [-0.1, -0.05) is 309 Å². The second kappa shape index (κ2) is 77.3. The molecule has 0 aliphatic carbocycles. The number of ether oxygens (including phenoxy) is 3. The van der Waals surface area contributed by atoms with E-state index in [9.17, 15) is 43.5 Å². The molecule has 0 bridgehead atoms. The molecule has 0 saturated carbocycles. The molecule has 0 amide bonds.